The summed E-state index contributed by atoms with van der Waals surface area (Å²) in [4.78, 5) is 3.85. The quantitative estimate of drug-likeness (QED) is 0.908. The van der Waals surface area contributed by atoms with E-state index in [4.69, 9.17) is 0 Å². The van der Waals surface area contributed by atoms with Crippen molar-refractivity contribution < 1.29 is 12.8 Å². The molecule has 0 aliphatic heterocycles. The summed E-state index contributed by atoms with van der Waals surface area (Å²) >= 11 is 0. The summed E-state index contributed by atoms with van der Waals surface area (Å²) in [7, 11) is -2.28. The van der Waals surface area contributed by atoms with E-state index in [0.29, 0.717) is 11.3 Å². The number of anilines is 2. The summed E-state index contributed by atoms with van der Waals surface area (Å²) < 4.78 is 40.2. The van der Waals surface area contributed by atoms with Crippen molar-refractivity contribution in [2.75, 3.05) is 17.1 Å². The molecule has 0 aliphatic rings. The number of aryl methyl sites for hydroxylation is 1. The topological polar surface area (TPSA) is 71.1 Å². The van der Waals surface area contributed by atoms with Gasteiger partial charge in [0.1, 0.15) is 5.82 Å². The summed E-state index contributed by atoms with van der Waals surface area (Å²) in [5.41, 5.74) is 0.968. The van der Waals surface area contributed by atoms with Gasteiger partial charge in [0.25, 0.3) is 10.0 Å². The first-order valence-electron chi connectivity index (χ1n) is 5.86. The normalized spacial score (nSPS) is 11.2. The zero-order valence-electron chi connectivity index (χ0n) is 11.0. The third kappa shape index (κ3) is 2.88. The Balaban J connectivity index is 2.38. The highest BCUT2D eigenvalue weighted by Gasteiger charge is 2.20. The van der Waals surface area contributed by atoms with Crippen LogP contribution in [0.5, 0.6) is 0 Å². The van der Waals surface area contributed by atoms with Crippen LogP contribution in [-0.4, -0.2) is 20.4 Å². The molecular formula is C13H14FN3O2S. The molecule has 0 saturated heterocycles. The molecule has 7 heteroatoms. The molecule has 5 nitrogen and oxygen atoms in total. The van der Waals surface area contributed by atoms with E-state index in [1.807, 2.05) is 0 Å². The number of nitrogens with one attached hydrogen (secondary N) is 2. The van der Waals surface area contributed by atoms with E-state index in [2.05, 4.69) is 15.0 Å². The number of halogens is 1. The van der Waals surface area contributed by atoms with Crippen LogP contribution < -0.4 is 10.0 Å². The predicted octanol–water partition coefficient (Wildman–Crippen LogP) is 2.37. The first-order chi connectivity index (χ1) is 9.44. The lowest BCUT2D eigenvalue weighted by Crippen LogP contribution is -2.16. The highest BCUT2D eigenvalue weighted by Crippen LogP contribution is 2.22. The van der Waals surface area contributed by atoms with Crippen LogP contribution in [-0.2, 0) is 10.0 Å². The summed E-state index contributed by atoms with van der Waals surface area (Å²) in [5.74, 6) is -0.472. The second-order valence-corrected chi connectivity index (χ2v) is 5.77. The molecule has 2 rings (SSSR count). The van der Waals surface area contributed by atoms with Gasteiger partial charge in [-0.05, 0) is 36.8 Å². The zero-order chi connectivity index (χ0) is 14.8. The highest BCUT2D eigenvalue weighted by molar-refractivity contribution is 7.92. The van der Waals surface area contributed by atoms with Crippen LogP contribution >= 0.6 is 0 Å². The van der Waals surface area contributed by atoms with E-state index in [1.165, 1.54) is 18.3 Å². The minimum absolute atomic E-state index is 0.136. The van der Waals surface area contributed by atoms with Gasteiger partial charge in [0.05, 0.1) is 11.4 Å². The molecule has 0 aliphatic carbocycles. The Bertz CT molecular complexity index is 732. The fourth-order valence-corrected chi connectivity index (χ4v) is 2.85. The molecule has 0 radical (unpaired) electrons. The van der Waals surface area contributed by atoms with E-state index in [0.717, 1.165) is 6.07 Å². The molecule has 0 unspecified atom stereocenters. The number of nitrogens with zero attached hydrogens (tertiary/aromatic N) is 1. The summed E-state index contributed by atoms with van der Waals surface area (Å²) in [6, 6.07) is 7.35. The van der Waals surface area contributed by atoms with Crippen LogP contribution in [0.3, 0.4) is 0 Å². The molecule has 1 aromatic heterocycles. The second-order valence-electron chi connectivity index (χ2n) is 4.18. The van der Waals surface area contributed by atoms with Crippen LogP contribution in [0.2, 0.25) is 0 Å². The van der Waals surface area contributed by atoms with Crippen LogP contribution in [0, 0.1) is 12.7 Å². The lowest BCUT2D eigenvalue weighted by molar-refractivity contribution is 0.597. The lowest BCUT2D eigenvalue weighted by atomic mass is 10.2. The maximum Gasteiger partial charge on any atom is 0.281 e. The number of aromatic nitrogens is 1. The Morgan fingerprint density at radius 2 is 2.00 bits per heavy atom. The predicted molar refractivity (Wildman–Crippen MR) is 75.7 cm³/mol. The first-order valence-corrected chi connectivity index (χ1v) is 7.34. The Morgan fingerprint density at radius 3 is 2.65 bits per heavy atom. The number of sulfonamides is 1. The van der Waals surface area contributed by atoms with E-state index in [1.54, 1.807) is 26.1 Å². The molecule has 0 bridgehead atoms. The minimum atomic E-state index is -3.88. The van der Waals surface area contributed by atoms with Crippen LogP contribution in [0.25, 0.3) is 0 Å². The van der Waals surface area contributed by atoms with E-state index >= 15 is 0 Å². The lowest BCUT2D eigenvalue weighted by Gasteiger charge is -2.11. The van der Waals surface area contributed by atoms with Gasteiger partial charge in [-0.3, -0.25) is 4.72 Å². The molecule has 0 fully saturated rings. The third-order valence-electron chi connectivity index (χ3n) is 2.72. The van der Waals surface area contributed by atoms with E-state index in [9.17, 15) is 12.8 Å². The van der Waals surface area contributed by atoms with Crippen molar-refractivity contribution in [3.63, 3.8) is 0 Å². The molecule has 0 spiro atoms. The first kappa shape index (κ1) is 14.3. The van der Waals surface area contributed by atoms with Crippen LogP contribution in [0.4, 0.5) is 15.8 Å². The van der Waals surface area contributed by atoms with Crippen molar-refractivity contribution in [1.82, 2.24) is 4.98 Å². The Labute approximate surface area is 116 Å². The van der Waals surface area contributed by atoms with Gasteiger partial charge in [-0.25, -0.2) is 9.37 Å². The van der Waals surface area contributed by atoms with Crippen LogP contribution in [0.1, 0.15) is 5.56 Å². The second kappa shape index (κ2) is 5.46. The molecule has 2 N–H and O–H groups in total. The van der Waals surface area contributed by atoms with Gasteiger partial charge in [-0.2, -0.15) is 8.42 Å². The largest absolute Gasteiger partial charge is 0.386 e. The average Bonchev–Trinajstić information content (AvgIpc) is 2.42. The molecule has 1 heterocycles. The number of benzene rings is 1. The van der Waals surface area contributed by atoms with Gasteiger partial charge >= 0.3 is 0 Å². The van der Waals surface area contributed by atoms with Crippen molar-refractivity contribution in [2.24, 2.45) is 0 Å². The van der Waals surface area contributed by atoms with E-state index < -0.39 is 15.8 Å². The van der Waals surface area contributed by atoms with Crippen molar-refractivity contribution in [3.05, 3.63) is 47.9 Å². The van der Waals surface area contributed by atoms with Gasteiger partial charge in [-0.1, -0.05) is 6.07 Å². The molecule has 1 aromatic carbocycles. The summed E-state index contributed by atoms with van der Waals surface area (Å²) in [6.45, 7) is 1.60. The smallest absolute Gasteiger partial charge is 0.281 e. The van der Waals surface area contributed by atoms with Gasteiger partial charge in [0.15, 0.2) is 5.03 Å². The Hall–Kier alpha value is -2.15. The molecular weight excluding hydrogens is 281 g/mol. The maximum absolute atomic E-state index is 13.4. The fourth-order valence-electron chi connectivity index (χ4n) is 1.66. The molecule has 0 saturated carbocycles. The monoisotopic (exact) mass is 295 g/mol. The molecule has 0 amide bonds. The zero-order valence-corrected chi connectivity index (χ0v) is 11.8. The van der Waals surface area contributed by atoms with Crippen molar-refractivity contribution in [1.29, 1.82) is 0 Å². The van der Waals surface area contributed by atoms with Crippen LogP contribution in [0.15, 0.2) is 41.6 Å². The van der Waals surface area contributed by atoms with Crippen molar-refractivity contribution in [2.45, 2.75) is 11.9 Å². The van der Waals surface area contributed by atoms with E-state index in [-0.39, 0.29) is 10.7 Å². The fraction of sp³-hybridized carbons (Fsp3) is 0.154. The Kier molecular flexibility index (Phi) is 3.89. The molecule has 106 valence electrons. The van der Waals surface area contributed by atoms with Gasteiger partial charge in [0.2, 0.25) is 0 Å². The number of pyridine rings is 1. The summed E-state index contributed by atoms with van der Waals surface area (Å²) in [6.07, 6.45) is 1.38. The third-order valence-corrected chi connectivity index (χ3v) is 4.06. The average molecular weight is 295 g/mol. The number of hydrogen-bond acceptors (Lipinski definition) is 4. The Morgan fingerprint density at radius 1 is 1.25 bits per heavy atom. The standard InChI is InChI=1S/C13H14FN3O2S/c1-9-5-6-10(8-11(9)14)17-20(18,19)13-12(15-2)4-3-7-16-13/h3-8,15,17H,1-2H3. The molecule has 2 aromatic rings. The molecule has 0 atom stereocenters. The van der Waals surface area contributed by atoms with Gasteiger partial charge < -0.3 is 5.32 Å². The number of hydrogen-bond donors (Lipinski definition) is 2. The SMILES string of the molecule is CNc1cccnc1S(=O)(=O)Nc1ccc(C)c(F)c1. The maximum atomic E-state index is 13.4. The van der Waals surface area contributed by atoms with Crippen molar-refractivity contribution >= 4 is 21.4 Å². The number of rotatable bonds is 4. The summed E-state index contributed by atoms with van der Waals surface area (Å²) in [5, 5.41) is 2.62. The van der Waals surface area contributed by atoms with Crippen molar-refractivity contribution in [3.8, 4) is 0 Å². The van der Waals surface area contributed by atoms with Gasteiger partial charge in [0, 0.05) is 13.2 Å². The molecule has 20 heavy (non-hydrogen) atoms. The minimum Gasteiger partial charge on any atom is -0.386 e. The van der Waals surface area contributed by atoms with Gasteiger partial charge in [-0.15, -0.1) is 0 Å². The highest BCUT2D eigenvalue weighted by atomic mass is 32.2.